The van der Waals surface area contributed by atoms with Crippen LogP contribution in [-0.2, 0) is 6.61 Å². The highest BCUT2D eigenvalue weighted by molar-refractivity contribution is 9.11. The summed E-state index contributed by atoms with van der Waals surface area (Å²) in [5, 5.41) is 12.1. The van der Waals surface area contributed by atoms with Crippen LogP contribution in [0.15, 0.2) is 52.3 Å². The molecule has 0 amide bonds. The maximum Gasteiger partial charge on any atom is 0.133 e. The molecule has 3 aromatic rings. The van der Waals surface area contributed by atoms with Gasteiger partial charge < -0.3 is 9.84 Å². The van der Waals surface area contributed by atoms with Crippen LogP contribution in [0.1, 0.15) is 23.5 Å². The molecule has 0 aliphatic heterocycles. The number of thiophene rings is 1. The van der Waals surface area contributed by atoms with Crippen LogP contribution in [0, 0.1) is 0 Å². The van der Waals surface area contributed by atoms with E-state index in [9.17, 15) is 5.11 Å². The number of aliphatic hydroxyl groups excluding tert-OH is 1. The van der Waals surface area contributed by atoms with Crippen LogP contribution in [0.2, 0.25) is 0 Å². The van der Waals surface area contributed by atoms with E-state index in [-0.39, 0.29) is 0 Å². The summed E-state index contributed by atoms with van der Waals surface area (Å²) in [6, 6.07) is 16.1. The summed E-state index contributed by atoms with van der Waals surface area (Å²) in [7, 11) is 0. The first-order valence-corrected chi connectivity index (χ1v) is 8.33. The standard InChI is InChI=1S/C17H15BrO2S/c1-11(19)14-8-6-12-4-2-3-5-15(12)17(14)20-10-13-7-9-16(18)21-13/h2-9,11,19H,10H2,1H3/t11-/m1/s1. The minimum absolute atomic E-state index is 0.504. The first-order valence-electron chi connectivity index (χ1n) is 6.72. The minimum Gasteiger partial charge on any atom is -0.487 e. The Morgan fingerprint density at radius 3 is 2.67 bits per heavy atom. The largest absolute Gasteiger partial charge is 0.487 e. The number of hydrogen-bond donors (Lipinski definition) is 1. The molecule has 0 aliphatic rings. The van der Waals surface area contributed by atoms with E-state index in [1.165, 1.54) is 0 Å². The summed E-state index contributed by atoms with van der Waals surface area (Å²) >= 11 is 5.11. The van der Waals surface area contributed by atoms with E-state index < -0.39 is 6.10 Å². The van der Waals surface area contributed by atoms with Gasteiger partial charge in [0.05, 0.1) is 9.89 Å². The van der Waals surface area contributed by atoms with Crippen molar-refractivity contribution in [2.45, 2.75) is 19.6 Å². The highest BCUT2D eigenvalue weighted by Crippen LogP contribution is 2.34. The number of aliphatic hydroxyl groups is 1. The molecule has 0 aliphatic carbocycles. The second kappa shape index (κ2) is 6.18. The van der Waals surface area contributed by atoms with Crippen LogP contribution in [-0.4, -0.2) is 5.11 Å². The van der Waals surface area contributed by atoms with E-state index in [1.807, 2.05) is 42.5 Å². The van der Waals surface area contributed by atoms with Gasteiger partial charge in [0, 0.05) is 15.8 Å². The van der Waals surface area contributed by atoms with Crippen molar-refractivity contribution >= 4 is 38.0 Å². The van der Waals surface area contributed by atoms with Crippen molar-refractivity contribution in [3.8, 4) is 5.75 Å². The molecule has 1 aromatic heterocycles. The third-order valence-corrected chi connectivity index (χ3v) is 4.94. The zero-order valence-corrected chi connectivity index (χ0v) is 13.9. The molecule has 4 heteroatoms. The monoisotopic (exact) mass is 362 g/mol. The molecule has 0 bridgehead atoms. The Bertz CT molecular complexity index is 764. The molecule has 2 nitrogen and oxygen atoms in total. The van der Waals surface area contributed by atoms with E-state index in [2.05, 4.69) is 22.0 Å². The molecule has 0 radical (unpaired) electrons. The highest BCUT2D eigenvalue weighted by Gasteiger charge is 2.13. The summed E-state index contributed by atoms with van der Waals surface area (Å²) in [5.74, 6) is 0.771. The Kier molecular flexibility index (Phi) is 4.29. The fourth-order valence-electron chi connectivity index (χ4n) is 2.32. The molecule has 0 spiro atoms. The van der Waals surface area contributed by atoms with Crippen molar-refractivity contribution in [2.75, 3.05) is 0 Å². The summed E-state index contributed by atoms with van der Waals surface area (Å²) in [5.41, 5.74) is 0.823. The van der Waals surface area contributed by atoms with Crippen LogP contribution in [0.25, 0.3) is 10.8 Å². The predicted molar refractivity (Wildman–Crippen MR) is 90.9 cm³/mol. The van der Waals surface area contributed by atoms with Crippen molar-refractivity contribution in [2.24, 2.45) is 0 Å². The average molecular weight is 363 g/mol. The van der Waals surface area contributed by atoms with E-state index in [4.69, 9.17) is 4.74 Å². The maximum atomic E-state index is 9.98. The molecule has 108 valence electrons. The Hall–Kier alpha value is -1.36. The van der Waals surface area contributed by atoms with Gasteiger partial charge in [-0.3, -0.25) is 0 Å². The average Bonchev–Trinajstić information content (AvgIpc) is 2.90. The van der Waals surface area contributed by atoms with Crippen molar-refractivity contribution in [1.29, 1.82) is 0 Å². The summed E-state index contributed by atoms with van der Waals surface area (Å²) in [4.78, 5) is 1.14. The number of hydrogen-bond acceptors (Lipinski definition) is 3. The fourth-order valence-corrected chi connectivity index (χ4v) is 3.72. The number of rotatable bonds is 4. The first-order chi connectivity index (χ1) is 10.1. The smallest absolute Gasteiger partial charge is 0.133 e. The van der Waals surface area contributed by atoms with Crippen molar-refractivity contribution in [3.05, 3.63) is 62.8 Å². The number of halogens is 1. The van der Waals surface area contributed by atoms with E-state index in [0.29, 0.717) is 6.61 Å². The topological polar surface area (TPSA) is 29.5 Å². The van der Waals surface area contributed by atoms with Crippen molar-refractivity contribution in [1.82, 2.24) is 0 Å². The number of benzene rings is 2. The van der Waals surface area contributed by atoms with Gasteiger partial charge in [-0.1, -0.05) is 36.4 Å². The SMILES string of the molecule is C[C@@H](O)c1ccc2ccccc2c1OCc1ccc(Br)s1. The Labute approximate surface area is 136 Å². The molecule has 2 aromatic carbocycles. The second-order valence-corrected chi connectivity index (χ2v) is 7.42. The van der Waals surface area contributed by atoms with Gasteiger partial charge in [-0.15, -0.1) is 11.3 Å². The maximum absolute atomic E-state index is 9.98. The van der Waals surface area contributed by atoms with Gasteiger partial charge in [-0.2, -0.15) is 0 Å². The second-order valence-electron chi connectivity index (χ2n) is 4.88. The quantitative estimate of drug-likeness (QED) is 0.682. The molecular weight excluding hydrogens is 348 g/mol. The summed E-state index contributed by atoms with van der Waals surface area (Å²) in [6.45, 7) is 2.27. The number of ether oxygens (including phenoxy) is 1. The zero-order chi connectivity index (χ0) is 14.8. The third-order valence-electron chi connectivity index (χ3n) is 3.35. The van der Waals surface area contributed by atoms with Gasteiger partial charge in [0.1, 0.15) is 12.4 Å². The third kappa shape index (κ3) is 3.12. The lowest BCUT2D eigenvalue weighted by molar-refractivity contribution is 0.191. The highest BCUT2D eigenvalue weighted by atomic mass is 79.9. The first kappa shape index (κ1) is 14.6. The molecule has 0 saturated heterocycles. The van der Waals surface area contributed by atoms with E-state index in [0.717, 1.165) is 30.7 Å². The molecule has 0 saturated carbocycles. The molecule has 0 unspecified atom stereocenters. The van der Waals surface area contributed by atoms with Crippen LogP contribution in [0.5, 0.6) is 5.75 Å². The lowest BCUT2D eigenvalue weighted by Crippen LogP contribution is -2.01. The predicted octanol–water partition coefficient (Wildman–Crippen LogP) is 5.30. The lowest BCUT2D eigenvalue weighted by atomic mass is 10.0. The van der Waals surface area contributed by atoms with Gasteiger partial charge in [0.2, 0.25) is 0 Å². The number of fused-ring (bicyclic) bond motifs is 1. The molecule has 1 heterocycles. The van der Waals surface area contributed by atoms with Gasteiger partial charge in [0.25, 0.3) is 0 Å². The van der Waals surface area contributed by atoms with Crippen LogP contribution >= 0.6 is 27.3 Å². The lowest BCUT2D eigenvalue weighted by Gasteiger charge is -2.15. The molecular formula is C17H15BrO2S. The van der Waals surface area contributed by atoms with Gasteiger partial charge in [0.15, 0.2) is 0 Å². The van der Waals surface area contributed by atoms with E-state index in [1.54, 1.807) is 18.3 Å². The van der Waals surface area contributed by atoms with Crippen LogP contribution in [0.4, 0.5) is 0 Å². The normalized spacial score (nSPS) is 12.5. The van der Waals surface area contributed by atoms with Gasteiger partial charge >= 0.3 is 0 Å². The van der Waals surface area contributed by atoms with Gasteiger partial charge in [-0.05, 0) is 40.4 Å². The van der Waals surface area contributed by atoms with Crippen molar-refractivity contribution < 1.29 is 9.84 Å². The summed E-state index contributed by atoms with van der Waals surface area (Å²) in [6.07, 6.45) is -0.556. The Balaban J connectivity index is 1.99. The van der Waals surface area contributed by atoms with E-state index >= 15 is 0 Å². The Morgan fingerprint density at radius 2 is 1.95 bits per heavy atom. The Morgan fingerprint density at radius 1 is 1.14 bits per heavy atom. The molecule has 21 heavy (non-hydrogen) atoms. The zero-order valence-electron chi connectivity index (χ0n) is 11.5. The minimum atomic E-state index is -0.556. The van der Waals surface area contributed by atoms with Crippen molar-refractivity contribution in [3.63, 3.8) is 0 Å². The molecule has 3 rings (SSSR count). The summed E-state index contributed by atoms with van der Waals surface area (Å²) < 4.78 is 7.13. The molecule has 0 fully saturated rings. The van der Waals surface area contributed by atoms with Crippen LogP contribution < -0.4 is 4.74 Å². The molecule has 1 N–H and O–H groups in total. The van der Waals surface area contributed by atoms with Gasteiger partial charge in [-0.25, -0.2) is 0 Å². The van der Waals surface area contributed by atoms with Crippen LogP contribution in [0.3, 0.4) is 0 Å². The molecule has 1 atom stereocenters. The fraction of sp³-hybridized carbons (Fsp3) is 0.176.